The van der Waals surface area contributed by atoms with Gasteiger partial charge in [0, 0.05) is 38.6 Å². The van der Waals surface area contributed by atoms with Gasteiger partial charge in [0.1, 0.15) is 0 Å². The summed E-state index contributed by atoms with van der Waals surface area (Å²) in [4.78, 5) is 15.2. The van der Waals surface area contributed by atoms with Crippen molar-refractivity contribution in [2.24, 2.45) is 0 Å². The van der Waals surface area contributed by atoms with E-state index < -0.39 is 0 Å². The fourth-order valence-electron chi connectivity index (χ4n) is 8.90. The van der Waals surface area contributed by atoms with E-state index in [1.807, 2.05) is 36.4 Å². The minimum atomic E-state index is -0.233. The van der Waals surface area contributed by atoms with Gasteiger partial charge >= 0.3 is 0 Å². The Kier molecular flexibility index (Phi) is 6.56. The Morgan fingerprint density at radius 2 is 1.06 bits per heavy atom. The van der Waals surface area contributed by atoms with Crippen LogP contribution in [0.3, 0.4) is 0 Å². The standard InChI is InChI=1S/C50H34N4/c1-50(2)41-24-14-13-23-39(41)43-37-21-11-12-22-38(37)44-40-30-35(49-52-47(32-16-5-3-6-17-32)51-48(53-49)33-18-7-4-8-19-33)26-28-42(40)54(46(44)45(43)50)36-27-25-31-15-9-10-20-34(31)29-36/h3-30H,1-2H3. The molecule has 4 nitrogen and oxygen atoms in total. The minimum Gasteiger partial charge on any atom is -0.309 e. The zero-order valence-electron chi connectivity index (χ0n) is 30.0. The zero-order chi connectivity index (χ0) is 36.0. The lowest BCUT2D eigenvalue weighted by Crippen LogP contribution is -2.16. The SMILES string of the molecule is CC1(C)c2ccccc2-c2c1c1c(c3ccccc23)c2cc(-c3nc(-c4ccccc4)nc(-c4ccccc4)n3)ccc2n1-c1ccc2ccccc2c1. The summed E-state index contributed by atoms with van der Waals surface area (Å²) in [6.07, 6.45) is 0. The Morgan fingerprint density at radius 3 is 1.78 bits per heavy atom. The summed E-state index contributed by atoms with van der Waals surface area (Å²) < 4.78 is 2.51. The van der Waals surface area contributed by atoms with Gasteiger partial charge in [-0.05, 0) is 74.1 Å². The maximum Gasteiger partial charge on any atom is 0.164 e. The van der Waals surface area contributed by atoms with Crippen molar-refractivity contribution in [3.05, 3.63) is 181 Å². The summed E-state index contributed by atoms with van der Waals surface area (Å²) in [5.74, 6) is 1.95. The number of benzene rings is 8. The summed E-state index contributed by atoms with van der Waals surface area (Å²) in [7, 11) is 0. The Bertz CT molecular complexity index is 3060. The third-order valence-electron chi connectivity index (χ3n) is 11.4. The highest BCUT2D eigenvalue weighted by Crippen LogP contribution is 2.56. The van der Waals surface area contributed by atoms with Gasteiger partial charge < -0.3 is 4.57 Å². The number of hydrogen-bond acceptors (Lipinski definition) is 3. The van der Waals surface area contributed by atoms with Gasteiger partial charge in [0.25, 0.3) is 0 Å². The van der Waals surface area contributed by atoms with Crippen LogP contribution in [-0.2, 0) is 5.41 Å². The predicted octanol–water partition coefficient (Wildman–Crippen LogP) is 12.6. The van der Waals surface area contributed by atoms with E-state index in [4.69, 9.17) is 15.0 Å². The topological polar surface area (TPSA) is 43.6 Å². The van der Waals surface area contributed by atoms with Crippen LogP contribution in [0.4, 0.5) is 0 Å². The molecule has 8 aromatic carbocycles. The Labute approximate surface area is 313 Å². The van der Waals surface area contributed by atoms with E-state index in [1.165, 1.54) is 60.1 Å². The molecule has 1 aliphatic carbocycles. The van der Waals surface area contributed by atoms with Crippen LogP contribution in [-0.4, -0.2) is 19.5 Å². The van der Waals surface area contributed by atoms with Crippen molar-refractivity contribution in [3.8, 4) is 51.0 Å². The Balaban J connectivity index is 1.27. The molecule has 1 aliphatic rings. The molecule has 2 heterocycles. The van der Waals surface area contributed by atoms with E-state index in [1.54, 1.807) is 0 Å². The molecule has 54 heavy (non-hydrogen) atoms. The van der Waals surface area contributed by atoms with Gasteiger partial charge in [0.15, 0.2) is 17.5 Å². The first-order valence-corrected chi connectivity index (χ1v) is 18.5. The van der Waals surface area contributed by atoms with Crippen molar-refractivity contribution >= 4 is 43.4 Å². The summed E-state index contributed by atoms with van der Waals surface area (Å²) in [5.41, 5.74) is 11.5. The monoisotopic (exact) mass is 690 g/mol. The molecule has 2 aromatic heterocycles. The molecule has 10 aromatic rings. The first-order chi connectivity index (χ1) is 26.5. The molecule has 0 fully saturated rings. The van der Waals surface area contributed by atoms with E-state index in [0.717, 1.165) is 27.9 Å². The molecule has 4 heteroatoms. The van der Waals surface area contributed by atoms with Gasteiger partial charge in [0.2, 0.25) is 0 Å². The van der Waals surface area contributed by atoms with Crippen molar-refractivity contribution in [3.63, 3.8) is 0 Å². The maximum atomic E-state index is 5.13. The number of rotatable bonds is 4. The molecule has 0 unspecified atom stereocenters. The number of aromatic nitrogens is 4. The summed E-state index contributed by atoms with van der Waals surface area (Å²) >= 11 is 0. The average Bonchev–Trinajstić information content (AvgIpc) is 3.69. The second-order valence-electron chi connectivity index (χ2n) is 14.8. The van der Waals surface area contributed by atoms with Crippen LogP contribution in [0.2, 0.25) is 0 Å². The quantitative estimate of drug-likeness (QED) is 0.185. The minimum absolute atomic E-state index is 0.233. The first kappa shape index (κ1) is 30.7. The van der Waals surface area contributed by atoms with Gasteiger partial charge in [-0.25, -0.2) is 15.0 Å². The molecule has 0 saturated carbocycles. The molecule has 0 N–H and O–H groups in total. The number of hydrogen-bond donors (Lipinski definition) is 0. The predicted molar refractivity (Wildman–Crippen MR) is 223 cm³/mol. The third-order valence-corrected chi connectivity index (χ3v) is 11.4. The largest absolute Gasteiger partial charge is 0.309 e. The molecule has 0 spiro atoms. The lowest BCUT2D eigenvalue weighted by molar-refractivity contribution is 0.664. The number of fused-ring (bicyclic) bond motifs is 11. The molecule has 0 bridgehead atoms. The molecule has 0 radical (unpaired) electrons. The summed E-state index contributed by atoms with van der Waals surface area (Å²) in [6.45, 7) is 4.78. The molecule has 254 valence electrons. The first-order valence-electron chi connectivity index (χ1n) is 18.5. The van der Waals surface area contributed by atoms with Gasteiger partial charge in [-0.15, -0.1) is 0 Å². The lowest BCUT2D eigenvalue weighted by atomic mass is 9.80. The van der Waals surface area contributed by atoms with E-state index in [0.29, 0.717) is 17.5 Å². The fraction of sp³-hybridized carbons (Fsp3) is 0.0600. The van der Waals surface area contributed by atoms with Crippen LogP contribution >= 0.6 is 0 Å². The summed E-state index contributed by atoms with van der Waals surface area (Å²) in [6, 6.07) is 60.5. The average molecular weight is 691 g/mol. The van der Waals surface area contributed by atoms with E-state index in [2.05, 4.69) is 152 Å². The highest BCUT2D eigenvalue weighted by atomic mass is 15.0. The van der Waals surface area contributed by atoms with E-state index >= 15 is 0 Å². The molecule has 11 rings (SSSR count). The highest BCUT2D eigenvalue weighted by Gasteiger charge is 2.40. The smallest absolute Gasteiger partial charge is 0.164 e. The van der Waals surface area contributed by atoms with Crippen LogP contribution in [0, 0.1) is 0 Å². The normalized spacial score (nSPS) is 13.1. The Morgan fingerprint density at radius 1 is 0.463 bits per heavy atom. The van der Waals surface area contributed by atoms with E-state index in [-0.39, 0.29) is 5.41 Å². The second-order valence-corrected chi connectivity index (χ2v) is 14.8. The molecule has 0 saturated heterocycles. The summed E-state index contributed by atoms with van der Waals surface area (Å²) in [5, 5.41) is 7.38. The molecular weight excluding hydrogens is 657 g/mol. The van der Waals surface area contributed by atoms with Gasteiger partial charge in [-0.2, -0.15) is 0 Å². The van der Waals surface area contributed by atoms with Gasteiger partial charge in [0.05, 0.1) is 11.0 Å². The van der Waals surface area contributed by atoms with Gasteiger partial charge in [-0.3, -0.25) is 0 Å². The van der Waals surface area contributed by atoms with Crippen LogP contribution in [0.25, 0.3) is 94.3 Å². The zero-order valence-corrected chi connectivity index (χ0v) is 30.0. The van der Waals surface area contributed by atoms with Crippen molar-refractivity contribution < 1.29 is 0 Å². The van der Waals surface area contributed by atoms with Crippen molar-refractivity contribution in [1.29, 1.82) is 0 Å². The van der Waals surface area contributed by atoms with Crippen molar-refractivity contribution in [1.82, 2.24) is 19.5 Å². The van der Waals surface area contributed by atoms with Crippen molar-refractivity contribution in [2.75, 3.05) is 0 Å². The van der Waals surface area contributed by atoms with Gasteiger partial charge in [-0.1, -0.05) is 153 Å². The van der Waals surface area contributed by atoms with Crippen LogP contribution in [0.5, 0.6) is 0 Å². The molecule has 0 atom stereocenters. The van der Waals surface area contributed by atoms with Crippen LogP contribution in [0.15, 0.2) is 170 Å². The highest BCUT2D eigenvalue weighted by molar-refractivity contribution is 6.27. The number of nitrogens with zero attached hydrogens (tertiary/aromatic N) is 4. The molecule has 0 amide bonds. The second kappa shape index (κ2) is 11.5. The third kappa shape index (κ3) is 4.47. The maximum absolute atomic E-state index is 5.13. The molecule has 0 aliphatic heterocycles. The van der Waals surface area contributed by atoms with Crippen molar-refractivity contribution in [2.45, 2.75) is 19.3 Å². The van der Waals surface area contributed by atoms with Crippen LogP contribution < -0.4 is 0 Å². The lowest BCUT2D eigenvalue weighted by Gasteiger charge is -2.24. The van der Waals surface area contributed by atoms with E-state index in [9.17, 15) is 0 Å². The molecular formula is C50H34N4. The fourth-order valence-corrected chi connectivity index (χ4v) is 8.90. The Hall–Kier alpha value is -6.91. The van der Waals surface area contributed by atoms with Crippen LogP contribution in [0.1, 0.15) is 25.0 Å².